The van der Waals surface area contributed by atoms with E-state index in [1.807, 2.05) is 0 Å². The molecule has 2 rings (SSSR count). The molecule has 14 heteroatoms. The number of hydrazone groups is 1. The summed E-state index contributed by atoms with van der Waals surface area (Å²) in [6.45, 7) is 11.4. The van der Waals surface area contributed by atoms with Crippen LogP contribution < -0.4 is 0 Å². The molecule has 1 heterocycles. The fourth-order valence-electron chi connectivity index (χ4n) is 3.49. The van der Waals surface area contributed by atoms with Crippen molar-refractivity contribution in [2.45, 2.75) is 70.1 Å². The zero-order valence-corrected chi connectivity index (χ0v) is 24.9. The van der Waals surface area contributed by atoms with Crippen LogP contribution in [0, 0.1) is 0 Å². The van der Waals surface area contributed by atoms with E-state index in [2.05, 4.69) is 5.10 Å². The predicted octanol–water partition coefficient (Wildman–Crippen LogP) is 2.99. The van der Waals surface area contributed by atoms with Crippen molar-refractivity contribution in [1.82, 2.24) is 14.4 Å². The van der Waals surface area contributed by atoms with Gasteiger partial charge < -0.3 is 14.2 Å². The van der Waals surface area contributed by atoms with Gasteiger partial charge in [-0.15, -0.1) is 5.06 Å². The largest absolute Gasteiger partial charge is 0.534 e. The highest BCUT2D eigenvalue weighted by molar-refractivity contribution is 7.89. The van der Waals surface area contributed by atoms with Crippen molar-refractivity contribution < 1.29 is 41.8 Å². The van der Waals surface area contributed by atoms with Gasteiger partial charge in [0, 0.05) is 33.3 Å². The number of nitrogens with zero attached hydrogens (tertiary/aromatic N) is 4. The molecule has 39 heavy (non-hydrogen) atoms. The van der Waals surface area contributed by atoms with E-state index in [1.54, 1.807) is 41.5 Å². The molecule has 0 aliphatic carbocycles. The first kappa shape index (κ1) is 32.0. The van der Waals surface area contributed by atoms with Crippen LogP contribution in [0.5, 0.6) is 0 Å². The SMILES string of the molecule is COCCN(C)S(=O)(=O)c1ccc(C2=NN(C)C(=O)C2(C)N(OC(=O)OC(C)(C)C)C(=O)OC(C)(C)C)cc1. The maximum absolute atomic E-state index is 13.4. The molecule has 0 saturated heterocycles. The zero-order chi connectivity index (χ0) is 30.0. The lowest BCUT2D eigenvalue weighted by atomic mass is 9.90. The number of benzene rings is 1. The van der Waals surface area contributed by atoms with Crippen LogP contribution in [-0.4, -0.2) is 97.8 Å². The highest BCUT2D eigenvalue weighted by Gasteiger charge is 2.57. The summed E-state index contributed by atoms with van der Waals surface area (Å²) in [6.07, 6.45) is -2.37. The molecule has 1 unspecified atom stereocenters. The lowest BCUT2D eigenvalue weighted by Crippen LogP contribution is -2.61. The van der Waals surface area contributed by atoms with Crippen molar-refractivity contribution in [1.29, 1.82) is 0 Å². The van der Waals surface area contributed by atoms with Crippen molar-refractivity contribution in [2.75, 3.05) is 34.4 Å². The first-order chi connectivity index (χ1) is 17.7. The summed E-state index contributed by atoms with van der Waals surface area (Å²) in [5, 5.41) is 5.78. The first-order valence-corrected chi connectivity index (χ1v) is 13.5. The molecule has 0 saturated carbocycles. The number of hydrogen-bond donors (Lipinski definition) is 0. The molecular weight excluding hydrogens is 532 g/mol. The lowest BCUT2D eigenvalue weighted by Gasteiger charge is -2.36. The molecule has 2 amide bonds. The maximum Gasteiger partial charge on any atom is 0.534 e. The maximum atomic E-state index is 13.4. The Balaban J connectivity index is 2.55. The number of rotatable bonds is 7. The van der Waals surface area contributed by atoms with Gasteiger partial charge in [-0.05, 0) is 60.6 Å². The Morgan fingerprint density at radius 2 is 1.56 bits per heavy atom. The van der Waals surface area contributed by atoms with E-state index in [0.29, 0.717) is 10.6 Å². The molecule has 0 N–H and O–H groups in total. The molecule has 0 bridgehead atoms. The minimum Gasteiger partial charge on any atom is -0.442 e. The number of amides is 2. The minimum atomic E-state index is -3.82. The van der Waals surface area contributed by atoms with Gasteiger partial charge in [0.15, 0.2) is 0 Å². The average molecular weight is 571 g/mol. The molecule has 1 aliphatic heterocycles. The number of carbonyl (C=O) groups is 3. The fraction of sp³-hybridized carbons (Fsp3) is 0.600. The second-order valence-electron chi connectivity index (χ2n) is 11.0. The molecule has 1 aromatic rings. The highest BCUT2D eigenvalue weighted by atomic mass is 32.2. The number of likely N-dealkylation sites (N-methyl/N-ethyl adjacent to an activating group) is 2. The Morgan fingerprint density at radius 1 is 1.03 bits per heavy atom. The number of carbonyl (C=O) groups excluding carboxylic acids is 3. The second-order valence-corrected chi connectivity index (χ2v) is 13.1. The Bertz CT molecular complexity index is 1220. The number of hydrogen-bond acceptors (Lipinski definition) is 10. The molecule has 0 aromatic heterocycles. The average Bonchev–Trinajstić information content (AvgIpc) is 3.03. The van der Waals surface area contributed by atoms with Crippen LogP contribution in [0.3, 0.4) is 0 Å². The van der Waals surface area contributed by atoms with E-state index in [0.717, 1.165) is 9.31 Å². The number of methoxy groups -OCH3 is 1. The summed E-state index contributed by atoms with van der Waals surface area (Å²) in [4.78, 5) is 44.6. The second kappa shape index (κ2) is 11.5. The molecule has 1 atom stereocenters. The van der Waals surface area contributed by atoms with Crippen LogP contribution in [0.2, 0.25) is 0 Å². The Hall–Kier alpha value is -3.23. The van der Waals surface area contributed by atoms with Gasteiger partial charge in [0.05, 0.1) is 11.5 Å². The fourth-order valence-corrected chi connectivity index (χ4v) is 4.65. The van der Waals surface area contributed by atoms with Crippen LogP contribution in [0.15, 0.2) is 34.3 Å². The summed E-state index contributed by atoms with van der Waals surface area (Å²) >= 11 is 0. The normalized spacial score (nSPS) is 18.2. The van der Waals surface area contributed by atoms with Crippen LogP contribution >= 0.6 is 0 Å². The van der Waals surface area contributed by atoms with E-state index in [1.165, 1.54) is 52.4 Å². The molecule has 13 nitrogen and oxygen atoms in total. The number of hydroxylamine groups is 2. The van der Waals surface area contributed by atoms with Gasteiger partial charge >= 0.3 is 12.2 Å². The van der Waals surface area contributed by atoms with Crippen molar-refractivity contribution in [2.24, 2.45) is 5.10 Å². The van der Waals surface area contributed by atoms with Crippen molar-refractivity contribution >= 4 is 33.9 Å². The lowest BCUT2D eigenvalue weighted by molar-refractivity contribution is -0.176. The molecule has 0 spiro atoms. The van der Waals surface area contributed by atoms with Crippen molar-refractivity contribution in [3.05, 3.63) is 29.8 Å². The Kier molecular flexibility index (Phi) is 9.42. The van der Waals surface area contributed by atoms with Gasteiger partial charge in [0.25, 0.3) is 5.91 Å². The van der Waals surface area contributed by atoms with Gasteiger partial charge in [0.2, 0.25) is 15.6 Å². The van der Waals surface area contributed by atoms with E-state index in [4.69, 9.17) is 19.0 Å². The van der Waals surface area contributed by atoms with Gasteiger partial charge in [0.1, 0.15) is 16.9 Å². The third kappa shape index (κ3) is 7.46. The standard InChI is InChI=1S/C25H38N4O9S/c1-23(2,3)36-21(31)29(38-22(32)37-24(4,5)6)25(7)19(26-28(9)20(25)30)17-11-13-18(14-12-17)39(33,34)27(8)15-16-35-10/h11-14H,15-16H2,1-10H3. The molecule has 0 radical (unpaired) electrons. The molecule has 218 valence electrons. The van der Waals surface area contributed by atoms with Crippen LogP contribution in [0.4, 0.5) is 9.59 Å². The summed E-state index contributed by atoms with van der Waals surface area (Å²) in [5.74, 6) is -0.706. The van der Waals surface area contributed by atoms with Gasteiger partial charge in [-0.3, -0.25) is 9.63 Å². The van der Waals surface area contributed by atoms with Gasteiger partial charge in [-0.1, -0.05) is 12.1 Å². The molecule has 1 aromatic carbocycles. The summed E-state index contributed by atoms with van der Waals surface area (Å²) < 4.78 is 42.6. The van der Waals surface area contributed by atoms with Crippen molar-refractivity contribution in [3.8, 4) is 0 Å². The van der Waals surface area contributed by atoms with Gasteiger partial charge in [-0.2, -0.15) is 9.41 Å². The monoisotopic (exact) mass is 570 g/mol. The van der Waals surface area contributed by atoms with Crippen LogP contribution in [0.25, 0.3) is 0 Å². The summed E-state index contributed by atoms with van der Waals surface area (Å²) in [7, 11) is 0.457. The van der Waals surface area contributed by atoms with Crippen molar-refractivity contribution in [3.63, 3.8) is 0 Å². The third-order valence-electron chi connectivity index (χ3n) is 5.39. The highest BCUT2D eigenvalue weighted by Crippen LogP contribution is 2.33. The Morgan fingerprint density at radius 3 is 2.05 bits per heavy atom. The number of sulfonamides is 1. The molecule has 1 aliphatic rings. The quantitative estimate of drug-likeness (QED) is 0.357. The third-order valence-corrected chi connectivity index (χ3v) is 7.26. The molecule has 0 fully saturated rings. The summed E-state index contributed by atoms with van der Waals surface area (Å²) in [6, 6.07) is 5.60. The number of ether oxygens (including phenoxy) is 3. The smallest absolute Gasteiger partial charge is 0.442 e. The van der Waals surface area contributed by atoms with Crippen LogP contribution in [-0.2, 0) is 33.9 Å². The van der Waals surface area contributed by atoms with E-state index in [9.17, 15) is 22.8 Å². The van der Waals surface area contributed by atoms with E-state index < -0.39 is 44.9 Å². The van der Waals surface area contributed by atoms with E-state index in [-0.39, 0.29) is 23.8 Å². The Labute approximate surface area is 229 Å². The summed E-state index contributed by atoms with van der Waals surface area (Å²) in [5.41, 5.74) is -3.62. The van der Waals surface area contributed by atoms with E-state index >= 15 is 0 Å². The van der Waals surface area contributed by atoms with Crippen LogP contribution in [0.1, 0.15) is 54.0 Å². The zero-order valence-electron chi connectivity index (χ0n) is 24.1. The first-order valence-electron chi connectivity index (χ1n) is 12.1. The minimum absolute atomic E-state index is 0.00108. The predicted molar refractivity (Wildman–Crippen MR) is 141 cm³/mol. The topological polar surface area (TPSA) is 144 Å². The molecular formula is C25H38N4O9S. The van der Waals surface area contributed by atoms with Gasteiger partial charge in [-0.25, -0.2) is 23.0 Å².